The van der Waals surface area contributed by atoms with Crippen LogP contribution in [0.5, 0.6) is 5.75 Å². The third-order valence-electron chi connectivity index (χ3n) is 5.32. The molecule has 0 radical (unpaired) electrons. The van der Waals surface area contributed by atoms with E-state index < -0.39 is 5.66 Å². The summed E-state index contributed by atoms with van der Waals surface area (Å²) in [7, 11) is 0. The molecule has 2 aromatic carbocycles. The largest absolute Gasteiger partial charge is 0.494 e. The number of unbranched alkanes of at least 4 members (excludes halogenated alkanes) is 3. The van der Waals surface area contributed by atoms with Gasteiger partial charge in [0.1, 0.15) is 11.4 Å². The molecule has 0 spiro atoms. The Bertz CT molecular complexity index is 772. The number of nitrogens with one attached hydrogen (secondary N) is 1. The fraction of sp³-hybridized carbons (Fsp3) is 0.435. The lowest BCUT2D eigenvalue weighted by molar-refractivity contribution is 0.0553. The van der Waals surface area contributed by atoms with Crippen LogP contribution in [-0.2, 0) is 5.66 Å². The van der Waals surface area contributed by atoms with Gasteiger partial charge in [-0.15, -0.1) is 0 Å². The van der Waals surface area contributed by atoms with E-state index in [1.807, 2.05) is 48.2 Å². The Morgan fingerprint density at radius 1 is 1.00 bits per heavy atom. The summed E-state index contributed by atoms with van der Waals surface area (Å²) >= 11 is 0. The molecule has 0 bridgehead atoms. The molecular weight excluding hydrogens is 336 g/mol. The smallest absolute Gasteiger partial charge is 0.258 e. The predicted molar refractivity (Wildman–Crippen MR) is 110 cm³/mol. The molecule has 1 N–H and O–H groups in total. The van der Waals surface area contributed by atoms with Gasteiger partial charge in [-0.1, -0.05) is 50.5 Å². The average molecular weight is 367 g/mol. The lowest BCUT2D eigenvalue weighted by Gasteiger charge is -2.46. The fourth-order valence-electron chi connectivity index (χ4n) is 3.74. The number of carbonyl (C=O) groups is 1. The molecule has 0 saturated heterocycles. The molecule has 1 atom stereocenters. The van der Waals surface area contributed by atoms with Gasteiger partial charge < -0.3 is 15.0 Å². The zero-order valence-corrected chi connectivity index (χ0v) is 16.6. The van der Waals surface area contributed by atoms with Crippen LogP contribution in [0.3, 0.4) is 0 Å². The molecule has 4 nitrogen and oxygen atoms in total. The van der Waals surface area contributed by atoms with Crippen LogP contribution in [0.1, 0.15) is 62.4 Å². The van der Waals surface area contributed by atoms with Crippen molar-refractivity contribution in [1.29, 1.82) is 0 Å². The van der Waals surface area contributed by atoms with Crippen molar-refractivity contribution in [3.05, 3.63) is 59.7 Å². The van der Waals surface area contributed by atoms with Gasteiger partial charge >= 0.3 is 0 Å². The number of nitrogens with zero attached hydrogens (tertiary/aromatic N) is 1. The van der Waals surface area contributed by atoms with E-state index in [-0.39, 0.29) is 5.91 Å². The first-order valence-corrected chi connectivity index (χ1v) is 10.0. The third kappa shape index (κ3) is 3.95. The molecule has 4 heteroatoms. The van der Waals surface area contributed by atoms with E-state index in [9.17, 15) is 4.79 Å². The molecule has 1 unspecified atom stereocenters. The number of amides is 1. The van der Waals surface area contributed by atoms with Gasteiger partial charge in [0.05, 0.1) is 12.2 Å². The number of fused-ring (bicyclic) bond motifs is 1. The fourth-order valence-corrected chi connectivity index (χ4v) is 3.74. The van der Waals surface area contributed by atoms with Crippen molar-refractivity contribution in [2.24, 2.45) is 0 Å². The number of carbonyl (C=O) groups excluding carboxylic acids is 1. The summed E-state index contributed by atoms with van der Waals surface area (Å²) in [6.45, 7) is 7.67. The average Bonchev–Trinajstić information content (AvgIpc) is 2.68. The van der Waals surface area contributed by atoms with Crippen LogP contribution >= 0.6 is 0 Å². The molecule has 0 aliphatic carbocycles. The second kappa shape index (κ2) is 8.47. The van der Waals surface area contributed by atoms with Crippen LogP contribution in [0.2, 0.25) is 0 Å². The number of hydrogen-bond donors (Lipinski definition) is 1. The summed E-state index contributed by atoms with van der Waals surface area (Å²) in [5.41, 5.74) is 2.07. The molecule has 0 fully saturated rings. The first-order valence-electron chi connectivity index (χ1n) is 10.0. The van der Waals surface area contributed by atoms with E-state index in [0.29, 0.717) is 6.54 Å². The van der Waals surface area contributed by atoms with Crippen molar-refractivity contribution in [3.8, 4) is 5.75 Å². The van der Waals surface area contributed by atoms with Crippen LogP contribution in [0.4, 0.5) is 5.69 Å². The van der Waals surface area contributed by atoms with Crippen molar-refractivity contribution in [2.45, 2.75) is 52.1 Å². The topological polar surface area (TPSA) is 41.6 Å². The second-order valence-electron chi connectivity index (χ2n) is 7.23. The van der Waals surface area contributed by atoms with E-state index in [1.165, 1.54) is 19.3 Å². The number of ether oxygens (including phenoxy) is 1. The second-order valence-corrected chi connectivity index (χ2v) is 7.23. The number of benzene rings is 2. The lowest BCUT2D eigenvalue weighted by atomic mass is 9.93. The highest BCUT2D eigenvalue weighted by molar-refractivity contribution is 6.02. The summed E-state index contributed by atoms with van der Waals surface area (Å²) < 4.78 is 5.86. The number of rotatable bonds is 8. The normalized spacial score (nSPS) is 18.8. The lowest BCUT2D eigenvalue weighted by Crippen LogP contribution is -2.55. The van der Waals surface area contributed by atoms with Crippen LogP contribution in [0, 0.1) is 0 Å². The maximum atomic E-state index is 13.0. The molecule has 27 heavy (non-hydrogen) atoms. The van der Waals surface area contributed by atoms with Crippen molar-refractivity contribution < 1.29 is 9.53 Å². The summed E-state index contributed by atoms with van der Waals surface area (Å²) in [6.07, 6.45) is 4.79. The maximum Gasteiger partial charge on any atom is 0.258 e. The summed E-state index contributed by atoms with van der Waals surface area (Å²) in [4.78, 5) is 14.9. The van der Waals surface area contributed by atoms with E-state index in [1.54, 1.807) is 0 Å². The Labute approximate surface area is 162 Å². The summed E-state index contributed by atoms with van der Waals surface area (Å²) in [6, 6.07) is 15.8. The standard InChI is InChI=1S/C23H30N2O2/c1-4-6-7-10-17-27-19-15-13-18(14-16-19)23(3)24-21-12-9-8-11-20(21)22(26)25(23)5-2/h8-9,11-16,24H,4-7,10,17H2,1-3H3. The molecule has 0 aromatic heterocycles. The highest BCUT2D eigenvalue weighted by Crippen LogP contribution is 2.37. The Kier molecular flexibility index (Phi) is 6.04. The molecule has 3 rings (SSSR count). The van der Waals surface area contributed by atoms with E-state index in [0.717, 1.165) is 35.6 Å². The maximum absolute atomic E-state index is 13.0. The Balaban J connectivity index is 1.77. The Morgan fingerprint density at radius 2 is 1.74 bits per heavy atom. The molecule has 1 aliphatic rings. The minimum Gasteiger partial charge on any atom is -0.494 e. The van der Waals surface area contributed by atoms with Gasteiger partial charge in [0.25, 0.3) is 5.91 Å². The molecule has 2 aromatic rings. The van der Waals surface area contributed by atoms with Gasteiger partial charge in [-0.3, -0.25) is 4.79 Å². The predicted octanol–water partition coefficient (Wildman–Crippen LogP) is 5.41. The minimum absolute atomic E-state index is 0.0607. The monoisotopic (exact) mass is 366 g/mol. The Morgan fingerprint density at radius 3 is 2.44 bits per heavy atom. The molecular formula is C23H30N2O2. The van der Waals surface area contributed by atoms with Crippen molar-refractivity contribution in [2.75, 3.05) is 18.5 Å². The molecule has 1 heterocycles. The first-order chi connectivity index (χ1) is 13.1. The van der Waals surface area contributed by atoms with Crippen LogP contribution in [0.15, 0.2) is 48.5 Å². The Hall–Kier alpha value is -2.49. The van der Waals surface area contributed by atoms with Gasteiger partial charge in [-0.25, -0.2) is 0 Å². The van der Waals surface area contributed by atoms with Crippen LogP contribution in [0.25, 0.3) is 0 Å². The third-order valence-corrected chi connectivity index (χ3v) is 5.32. The molecule has 0 saturated carbocycles. The highest BCUT2D eigenvalue weighted by atomic mass is 16.5. The summed E-state index contributed by atoms with van der Waals surface area (Å²) in [5.74, 6) is 0.940. The first kappa shape index (κ1) is 19.3. The van der Waals surface area contributed by atoms with E-state index in [2.05, 4.69) is 31.3 Å². The van der Waals surface area contributed by atoms with Gasteiger partial charge in [-0.2, -0.15) is 0 Å². The van der Waals surface area contributed by atoms with E-state index in [4.69, 9.17) is 4.74 Å². The van der Waals surface area contributed by atoms with Gasteiger partial charge in [0.2, 0.25) is 0 Å². The van der Waals surface area contributed by atoms with Gasteiger partial charge in [0, 0.05) is 12.2 Å². The number of hydrogen-bond acceptors (Lipinski definition) is 3. The van der Waals surface area contributed by atoms with Gasteiger partial charge in [0.15, 0.2) is 0 Å². The zero-order chi connectivity index (χ0) is 19.3. The SMILES string of the molecule is CCCCCCOc1ccc(C2(C)Nc3ccccc3C(=O)N2CC)cc1. The van der Waals surface area contributed by atoms with Crippen molar-refractivity contribution in [3.63, 3.8) is 0 Å². The molecule has 1 aliphatic heterocycles. The van der Waals surface area contributed by atoms with Crippen molar-refractivity contribution in [1.82, 2.24) is 4.90 Å². The summed E-state index contributed by atoms with van der Waals surface area (Å²) in [5, 5.41) is 3.57. The minimum atomic E-state index is -0.583. The van der Waals surface area contributed by atoms with Crippen LogP contribution < -0.4 is 10.1 Å². The van der Waals surface area contributed by atoms with Crippen molar-refractivity contribution >= 4 is 11.6 Å². The molecule has 1 amide bonds. The van der Waals surface area contributed by atoms with Gasteiger partial charge in [-0.05, 0) is 50.1 Å². The zero-order valence-electron chi connectivity index (χ0n) is 16.6. The van der Waals surface area contributed by atoms with E-state index >= 15 is 0 Å². The van der Waals surface area contributed by atoms with Crippen LogP contribution in [-0.4, -0.2) is 24.0 Å². The quantitative estimate of drug-likeness (QED) is 0.636. The molecule has 144 valence electrons. The number of anilines is 1. The number of para-hydroxylation sites is 1. The highest BCUT2D eigenvalue weighted by Gasteiger charge is 2.41.